The van der Waals surface area contributed by atoms with Crippen molar-refractivity contribution in [2.24, 2.45) is 5.73 Å². The van der Waals surface area contributed by atoms with Gasteiger partial charge in [-0.3, -0.25) is 4.90 Å². The van der Waals surface area contributed by atoms with E-state index in [0.717, 1.165) is 12.1 Å². The number of hydrogen-bond donors (Lipinski definition) is 1. The number of nitrogens with zero attached hydrogens (tertiary/aromatic N) is 1. The first-order valence-corrected chi connectivity index (χ1v) is 5.25. The van der Waals surface area contributed by atoms with E-state index >= 15 is 0 Å². The van der Waals surface area contributed by atoms with Crippen LogP contribution in [0, 0.1) is 12.7 Å². The standard InChI is InChI=1S/C11H16ClFN2/c1-8-5-10(12)9(6-11(8)13)3-4-15(2)7-14/h5-6H,3-4,7,14H2,1-2H3. The molecule has 1 aromatic carbocycles. The molecule has 0 saturated carbocycles. The zero-order chi connectivity index (χ0) is 11.4. The minimum Gasteiger partial charge on any atom is -0.318 e. The van der Waals surface area contributed by atoms with Crippen LogP contribution >= 0.6 is 11.6 Å². The lowest BCUT2D eigenvalue weighted by Crippen LogP contribution is -2.27. The Morgan fingerprint density at radius 2 is 2.13 bits per heavy atom. The second-order valence-electron chi connectivity index (χ2n) is 3.71. The van der Waals surface area contributed by atoms with Crippen LogP contribution in [0.3, 0.4) is 0 Å². The summed E-state index contributed by atoms with van der Waals surface area (Å²) in [5.41, 5.74) is 6.86. The Kier molecular flexibility index (Phi) is 4.51. The summed E-state index contributed by atoms with van der Waals surface area (Å²) in [6.45, 7) is 2.97. The van der Waals surface area contributed by atoms with Crippen LogP contribution in [0.25, 0.3) is 0 Å². The molecule has 2 nitrogen and oxygen atoms in total. The lowest BCUT2D eigenvalue weighted by molar-refractivity contribution is 0.349. The zero-order valence-electron chi connectivity index (χ0n) is 9.06. The molecule has 1 rings (SSSR count). The third kappa shape index (κ3) is 3.45. The predicted octanol–water partition coefficient (Wildman–Crippen LogP) is 2.18. The molecule has 0 bridgehead atoms. The first-order chi connectivity index (χ1) is 7.04. The number of aryl methyl sites for hydroxylation is 1. The number of rotatable bonds is 4. The van der Waals surface area contributed by atoms with Crippen LogP contribution in [0.4, 0.5) is 4.39 Å². The minimum atomic E-state index is -0.204. The maximum Gasteiger partial charge on any atom is 0.126 e. The Balaban J connectivity index is 2.73. The van der Waals surface area contributed by atoms with Gasteiger partial charge in [-0.1, -0.05) is 11.6 Å². The fourth-order valence-corrected chi connectivity index (χ4v) is 1.59. The maximum absolute atomic E-state index is 13.3. The van der Waals surface area contributed by atoms with Crippen molar-refractivity contribution in [3.05, 3.63) is 34.1 Å². The van der Waals surface area contributed by atoms with E-state index in [0.29, 0.717) is 23.7 Å². The molecule has 2 N–H and O–H groups in total. The number of halogens is 2. The molecule has 0 fully saturated rings. The molecule has 0 heterocycles. The van der Waals surface area contributed by atoms with Crippen LogP contribution in [0.5, 0.6) is 0 Å². The Hall–Kier alpha value is -0.640. The van der Waals surface area contributed by atoms with E-state index in [-0.39, 0.29) is 5.82 Å². The molecule has 0 atom stereocenters. The summed E-state index contributed by atoms with van der Waals surface area (Å²) < 4.78 is 13.3. The van der Waals surface area contributed by atoms with Crippen LogP contribution in [0.2, 0.25) is 5.02 Å². The van der Waals surface area contributed by atoms with E-state index in [9.17, 15) is 4.39 Å². The van der Waals surface area contributed by atoms with Gasteiger partial charge >= 0.3 is 0 Å². The van der Waals surface area contributed by atoms with E-state index < -0.39 is 0 Å². The van der Waals surface area contributed by atoms with Crippen molar-refractivity contribution in [3.8, 4) is 0 Å². The third-order valence-corrected chi connectivity index (χ3v) is 2.75. The topological polar surface area (TPSA) is 29.3 Å². The fourth-order valence-electron chi connectivity index (χ4n) is 1.28. The van der Waals surface area contributed by atoms with Gasteiger partial charge in [0, 0.05) is 18.2 Å². The number of benzene rings is 1. The van der Waals surface area contributed by atoms with Gasteiger partial charge in [0.15, 0.2) is 0 Å². The van der Waals surface area contributed by atoms with Gasteiger partial charge in [-0.05, 0) is 43.7 Å². The highest BCUT2D eigenvalue weighted by Gasteiger charge is 2.06. The van der Waals surface area contributed by atoms with Gasteiger partial charge in [-0.15, -0.1) is 0 Å². The molecule has 0 unspecified atom stereocenters. The van der Waals surface area contributed by atoms with Crippen LogP contribution in [0.1, 0.15) is 11.1 Å². The van der Waals surface area contributed by atoms with E-state index in [1.54, 1.807) is 13.0 Å². The second-order valence-corrected chi connectivity index (χ2v) is 4.11. The van der Waals surface area contributed by atoms with Gasteiger partial charge in [-0.2, -0.15) is 0 Å². The molecule has 0 amide bonds. The van der Waals surface area contributed by atoms with Crippen LogP contribution in [-0.2, 0) is 6.42 Å². The summed E-state index contributed by atoms with van der Waals surface area (Å²) in [6.07, 6.45) is 0.712. The Morgan fingerprint density at radius 3 is 2.73 bits per heavy atom. The van der Waals surface area contributed by atoms with E-state index in [2.05, 4.69) is 0 Å². The second kappa shape index (κ2) is 5.45. The van der Waals surface area contributed by atoms with Gasteiger partial charge in [0.2, 0.25) is 0 Å². The quantitative estimate of drug-likeness (QED) is 0.804. The highest BCUT2D eigenvalue weighted by atomic mass is 35.5. The van der Waals surface area contributed by atoms with Crippen molar-refractivity contribution < 1.29 is 4.39 Å². The maximum atomic E-state index is 13.3. The van der Waals surface area contributed by atoms with Gasteiger partial charge in [-0.25, -0.2) is 4.39 Å². The highest BCUT2D eigenvalue weighted by Crippen LogP contribution is 2.20. The molecule has 0 aliphatic rings. The van der Waals surface area contributed by atoms with Crippen molar-refractivity contribution in [1.82, 2.24) is 4.90 Å². The molecule has 0 aliphatic carbocycles. The van der Waals surface area contributed by atoms with Gasteiger partial charge < -0.3 is 5.73 Å². The van der Waals surface area contributed by atoms with Crippen molar-refractivity contribution >= 4 is 11.6 Å². The van der Waals surface area contributed by atoms with Crippen LogP contribution in [-0.4, -0.2) is 25.2 Å². The van der Waals surface area contributed by atoms with Crippen LogP contribution in [0.15, 0.2) is 12.1 Å². The summed E-state index contributed by atoms with van der Waals surface area (Å²) in [5.74, 6) is -0.204. The lowest BCUT2D eigenvalue weighted by atomic mass is 10.1. The van der Waals surface area contributed by atoms with Crippen molar-refractivity contribution in [3.63, 3.8) is 0 Å². The number of likely N-dealkylation sites (N-methyl/N-ethyl adjacent to an activating group) is 1. The molecule has 4 heteroatoms. The number of hydrogen-bond acceptors (Lipinski definition) is 2. The zero-order valence-corrected chi connectivity index (χ0v) is 9.81. The SMILES string of the molecule is Cc1cc(Cl)c(CCN(C)CN)cc1F. The fraction of sp³-hybridized carbons (Fsp3) is 0.455. The molecule has 84 valence electrons. The normalized spacial score (nSPS) is 11.1. The predicted molar refractivity (Wildman–Crippen MR) is 61.5 cm³/mol. The molecule has 1 aromatic rings. The van der Waals surface area contributed by atoms with Crippen molar-refractivity contribution in [1.29, 1.82) is 0 Å². The monoisotopic (exact) mass is 230 g/mol. The van der Waals surface area contributed by atoms with Crippen LogP contribution < -0.4 is 5.73 Å². The summed E-state index contributed by atoms with van der Waals surface area (Å²) in [5, 5.41) is 0.624. The number of nitrogens with two attached hydrogens (primary N) is 1. The molecule has 15 heavy (non-hydrogen) atoms. The molecule has 0 aromatic heterocycles. The molecule has 0 spiro atoms. The Bertz CT molecular complexity index is 342. The average Bonchev–Trinajstić information content (AvgIpc) is 2.21. The smallest absolute Gasteiger partial charge is 0.126 e. The minimum absolute atomic E-state index is 0.204. The summed E-state index contributed by atoms with van der Waals surface area (Å²) in [4.78, 5) is 1.95. The third-order valence-electron chi connectivity index (χ3n) is 2.40. The Labute approximate surface area is 94.8 Å². The van der Waals surface area contributed by atoms with Crippen molar-refractivity contribution in [2.45, 2.75) is 13.3 Å². The summed E-state index contributed by atoms with van der Waals surface area (Å²) in [7, 11) is 1.92. The lowest BCUT2D eigenvalue weighted by Gasteiger charge is -2.14. The summed E-state index contributed by atoms with van der Waals surface area (Å²) in [6, 6.07) is 3.16. The molecular weight excluding hydrogens is 215 g/mol. The summed E-state index contributed by atoms with van der Waals surface area (Å²) >= 11 is 6.01. The van der Waals surface area contributed by atoms with E-state index in [1.165, 1.54) is 6.07 Å². The molecule has 0 radical (unpaired) electrons. The molecule has 0 saturated heterocycles. The van der Waals surface area contributed by atoms with E-state index in [4.69, 9.17) is 17.3 Å². The average molecular weight is 231 g/mol. The van der Waals surface area contributed by atoms with Gasteiger partial charge in [0.1, 0.15) is 5.82 Å². The molecule has 0 aliphatic heterocycles. The first-order valence-electron chi connectivity index (χ1n) is 4.87. The van der Waals surface area contributed by atoms with Crippen molar-refractivity contribution in [2.75, 3.05) is 20.3 Å². The van der Waals surface area contributed by atoms with Gasteiger partial charge in [0.25, 0.3) is 0 Å². The largest absolute Gasteiger partial charge is 0.318 e. The molecular formula is C11H16ClFN2. The highest BCUT2D eigenvalue weighted by molar-refractivity contribution is 6.31. The first kappa shape index (κ1) is 12.4. The van der Waals surface area contributed by atoms with E-state index in [1.807, 2.05) is 11.9 Å². The van der Waals surface area contributed by atoms with Gasteiger partial charge in [0.05, 0.1) is 0 Å². The Morgan fingerprint density at radius 1 is 1.47 bits per heavy atom.